The van der Waals surface area contributed by atoms with E-state index in [0.29, 0.717) is 5.88 Å². The summed E-state index contributed by atoms with van der Waals surface area (Å²) < 4.78 is 9.92. The van der Waals surface area contributed by atoms with Gasteiger partial charge in [0.15, 0.2) is 0 Å². The first-order chi connectivity index (χ1) is 4.58. The maximum atomic E-state index is 5.34. The summed E-state index contributed by atoms with van der Waals surface area (Å²) in [4.78, 5) is 0. The zero-order valence-corrected chi connectivity index (χ0v) is 6.42. The first-order valence-electron chi connectivity index (χ1n) is 3.17. The molecule has 0 atom stereocenters. The highest BCUT2D eigenvalue weighted by atomic mass is 16.5. The van der Waals surface area contributed by atoms with Gasteiger partial charge in [0.25, 0.3) is 5.88 Å². The molecule has 0 aliphatic rings. The fourth-order valence-electron chi connectivity index (χ4n) is 0.568. The topological polar surface area (TPSA) is 35.3 Å². The molecule has 0 bridgehead atoms. The molecule has 0 aliphatic heterocycles. The number of rotatable bonds is 1. The zero-order valence-electron chi connectivity index (χ0n) is 6.42. The summed E-state index contributed by atoms with van der Waals surface area (Å²) in [6.07, 6.45) is 1.49. The van der Waals surface area contributed by atoms with Crippen molar-refractivity contribution in [3.8, 4) is 5.88 Å². The van der Waals surface area contributed by atoms with E-state index >= 15 is 0 Å². The van der Waals surface area contributed by atoms with Crippen molar-refractivity contribution in [2.75, 3.05) is 0 Å². The summed E-state index contributed by atoms with van der Waals surface area (Å²) >= 11 is 0. The van der Waals surface area contributed by atoms with E-state index in [1.807, 2.05) is 20.8 Å². The summed E-state index contributed by atoms with van der Waals surface area (Å²) in [5.41, 5.74) is -0.198. The lowest BCUT2D eigenvalue weighted by Gasteiger charge is -2.17. The van der Waals surface area contributed by atoms with Gasteiger partial charge in [-0.25, -0.2) is 0 Å². The minimum absolute atomic E-state index is 0.198. The Bertz CT molecular complexity index is 186. The number of nitrogens with zero attached hydrogens (tertiary/aromatic N) is 1. The van der Waals surface area contributed by atoms with Crippen LogP contribution < -0.4 is 4.74 Å². The van der Waals surface area contributed by atoms with E-state index in [9.17, 15) is 0 Å². The largest absolute Gasteiger partial charge is 0.470 e. The Morgan fingerprint density at radius 1 is 1.50 bits per heavy atom. The summed E-state index contributed by atoms with van der Waals surface area (Å²) in [5, 5.41) is 3.60. The molecule has 1 aromatic heterocycles. The Labute approximate surface area is 60.0 Å². The number of ether oxygens (including phenoxy) is 1. The van der Waals surface area contributed by atoms with Gasteiger partial charge in [0, 0.05) is 6.07 Å². The second-order valence-corrected chi connectivity index (χ2v) is 3.05. The van der Waals surface area contributed by atoms with Crippen molar-refractivity contribution in [3.63, 3.8) is 0 Å². The van der Waals surface area contributed by atoms with Crippen LogP contribution in [-0.4, -0.2) is 10.8 Å². The molecule has 0 radical (unpaired) electrons. The summed E-state index contributed by atoms with van der Waals surface area (Å²) in [5.74, 6) is 0.535. The van der Waals surface area contributed by atoms with Gasteiger partial charge in [-0.3, -0.25) is 0 Å². The molecular weight excluding hydrogens is 130 g/mol. The van der Waals surface area contributed by atoms with Gasteiger partial charge in [-0.15, -0.1) is 0 Å². The van der Waals surface area contributed by atoms with Crippen molar-refractivity contribution < 1.29 is 9.26 Å². The van der Waals surface area contributed by atoms with Crippen molar-refractivity contribution in [3.05, 3.63) is 12.3 Å². The molecule has 0 fully saturated rings. The van der Waals surface area contributed by atoms with Gasteiger partial charge in [-0.2, -0.15) is 0 Å². The third kappa shape index (κ3) is 2.09. The SMILES string of the molecule is CC(C)(C)Oc1ccon1. The third-order valence-electron chi connectivity index (χ3n) is 0.825. The number of hydrogen-bond donors (Lipinski definition) is 0. The van der Waals surface area contributed by atoms with Crippen LogP contribution in [0.2, 0.25) is 0 Å². The first-order valence-corrected chi connectivity index (χ1v) is 3.17. The standard InChI is InChI=1S/C7H11NO2/c1-7(2,3)10-6-4-5-9-8-6/h4-5H,1-3H3. The van der Waals surface area contributed by atoms with Crippen LogP contribution in [0.5, 0.6) is 5.88 Å². The quantitative estimate of drug-likeness (QED) is 0.598. The molecule has 0 unspecified atom stereocenters. The van der Waals surface area contributed by atoms with Crippen molar-refractivity contribution in [1.82, 2.24) is 5.16 Å². The highest BCUT2D eigenvalue weighted by molar-refractivity contribution is 5.03. The van der Waals surface area contributed by atoms with Crippen molar-refractivity contribution in [1.29, 1.82) is 0 Å². The molecule has 1 rings (SSSR count). The van der Waals surface area contributed by atoms with Crippen LogP contribution in [-0.2, 0) is 0 Å². The molecule has 3 nitrogen and oxygen atoms in total. The van der Waals surface area contributed by atoms with Crippen LogP contribution in [0.1, 0.15) is 20.8 Å². The molecule has 0 N–H and O–H groups in total. The Kier molecular flexibility index (Phi) is 1.66. The molecule has 0 saturated heterocycles. The van der Waals surface area contributed by atoms with E-state index in [1.54, 1.807) is 6.07 Å². The van der Waals surface area contributed by atoms with Crippen LogP contribution in [0.25, 0.3) is 0 Å². The molecule has 1 heterocycles. The average Bonchev–Trinajstić information content (AvgIpc) is 2.12. The number of aromatic nitrogens is 1. The Morgan fingerprint density at radius 2 is 2.20 bits per heavy atom. The molecule has 0 aromatic carbocycles. The normalized spacial score (nSPS) is 11.5. The molecule has 3 heteroatoms. The Morgan fingerprint density at radius 3 is 2.60 bits per heavy atom. The molecule has 0 aliphatic carbocycles. The summed E-state index contributed by atoms with van der Waals surface area (Å²) in [7, 11) is 0. The van der Waals surface area contributed by atoms with Crippen molar-refractivity contribution in [2.45, 2.75) is 26.4 Å². The van der Waals surface area contributed by atoms with Gasteiger partial charge < -0.3 is 9.26 Å². The lowest BCUT2D eigenvalue weighted by Crippen LogP contribution is -2.22. The van der Waals surface area contributed by atoms with Crippen molar-refractivity contribution >= 4 is 0 Å². The smallest absolute Gasteiger partial charge is 0.254 e. The highest BCUT2D eigenvalue weighted by Gasteiger charge is 2.12. The monoisotopic (exact) mass is 141 g/mol. The predicted octanol–water partition coefficient (Wildman–Crippen LogP) is 1.85. The van der Waals surface area contributed by atoms with Crippen LogP contribution in [0, 0.1) is 0 Å². The minimum atomic E-state index is -0.198. The lowest BCUT2D eigenvalue weighted by atomic mass is 10.2. The summed E-state index contributed by atoms with van der Waals surface area (Å²) in [6.45, 7) is 5.88. The average molecular weight is 141 g/mol. The van der Waals surface area contributed by atoms with Gasteiger partial charge in [0.1, 0.15) is 11.9 Å². The van der Waals surface area contributed by atoms with E-state index in [0.717, 1.165) is 0 Å². The highest BCUT2D eigenvalue weighted by Crippen LogP contribution is 2.13. The Balaban J connectivity index is 2.57. The van der Waals surface area contributed by atoms with Crippen molar-refractivity contribution in [2.24, 2.45) is 0 Å². The molecule has 0 saturated carbocycles. The maximum absolute atomic E-state index is 5.34. The zero-order chi connectivity index (χ0) is 7.61. The van der Waals surface area contributed by atoms with E-state index in [4.69, 9.17) is 4.74 Å². The molecule has 0 amide bonds. The fraction of sp³-hybridized carbons (Fsp3) is 0.571. The van der Waals surface area contributed by atoms with Gasteiger partial charge in [0.05, 0.1) is 0 Å². The van der Waals surface area contributed by atoms with Gasteiger partial charge >= 0.3 is 0 Å². The summed E-state index contributed by atoms with van der Waals surface area (Å²) in [6, 6.07) is 1.69. The molecule has 56 valence electrons. The van der Waals surface area contributed by atoms with E-state index < -0.39 is 0 Å². The maximum Gasteiger partial charge on any atom is 0.254 e. The molecular formula is C7H11NO2. The fourth-order valence-corrected chi connectivity index (χ4v) is 0.568. The van der Waals surface area contributed by atoms with Crippen LogP contribution in [0.15, 0.2) is 16.9 Å². The minimum Gasteiger partial charge on any atom is -0.470 e. The van der Waals surface area contributed by atoms with E-state index in [-0.39, 0.29) is 5.60 Å². The van der Waals surface area contributed by atoms with Gasteiger partial charge in [-0.05, 0) is 25.9 Å². The second-order valence-electron chi connectivity index (χ2n) is 3.05. The number of hydrogen-bond acceptors (Lipinski definition) is 3. The lowest BCUT2D eigenvalue weighted by molar-refractivity contribution is 0.117. The second kappa shape index (κ2) is 2.33. The van der Waals surface area contributed by atoms with Crippen LogP contribution in [0.4, 0.5) is 0 Å². The Hall–Kier alpha value is -0.990. The van der Waals surface area contributed by atoms with Gasteiger partial charge in [-0.1, -0.05) is 0 Å². The van der Waals surface area contributed by atoms with E-state index in [1.165, 1.54) is 6.26 Å². The predicted molar refractivity (Wildman–Crippen MR) is 36.9 cm³/mol. The molecule has 10 heavy (non-hydrogen) atoms. The van der Waals surface area contributed by atoms with Crippen LogP contribution >= 0.6 is 0 Å². The molecule has 1 aromatic rings. The molecule has 0 spiro atoms. The van der Waals surface area contributed by atoms with Gasteiger partial charge in [0.2, 0.25) is 0 Å². The van der Waals surface area contributed by atoms with Crippen LogP contribution in [0.3, 0.4) is 0 Å². The van der Waals surface area contributed by atoms with E-state index in [2.05, 4.69) is 9.68 Å². The first kappa shape index (κ1) is 7.12. The third-order valence-corrected chi connectivity index (χ3v) is 0.825.